The molecule has 7 heteroatoms. The molecule has 4 rings (SSSR count). The van der Waals surface area contributed by atoms with Gasteiger partial charge in [0, 0.05) is 44.1 Å². The molecule has 2 amide bonds. The summed E-state index contributed by atoms with van der Waals surface area (Å²) in [6, 6.07) is 0.104. The Morgan fingerprint density at radius 3 is 2.88 bits per heavy atom. The number of nitrogens with zero attached hydrogens (tertiary/aromatic N) is 3. The molecule has 3 aliphatic rings. The molecule has 1 atom stereocenters. The number of hydrogen-bond acceptors (Lipinski definition) is 5. The quantitative estimate of drug-likeness (QED) is 0.890. The van der Waals surface area contributed by atoms with Crippen molar-refractivity contribution < 1.29 is 9.53 Å². The second kappa shape index (κ2) is 7.21. The summed E-state index contributed by atoms with van der Waals surface area (Å²) < 4.78 is 6.23. The van der Waals surface area contributed by atoms with Crippen LogP contribution in [0.3, 0.4) is 0 Å². The van der Waals surface area contributed by atoms with Gasteiger partial charge in [0.25, 0.3) is 0 Å². The summed E-state index contributed by atoms with van der Waals surface area (Å²) in [5.41, 5.74) is 3.15. The van der Waals surface area contributed by atoms with Crippen LogP contribution in [0.2, 0.25) is 0 Å². The SMILES string of the molecule is Cc1ncsc1CN1CC2(CC[C@H](CNC(=O)N3CCCC3)CO2)C1. The average molecular weight is 365 g/mol. The van der Waals surface area contributed by atoms with Gasteiger partial charge in [0.15, 0.2) is 0 Å². The van der Waals surface area contributed by atoms with Crippen molar-refractivity contribution in [3.8, 4) is 0 Å². The highest BCUT2D eigenvalue weighted by Gasteiger charge is 2.46. The maximum Gasteiger partial charge on any atom is 0.317 e. The van der Waals surface area contributed by atoms with Gasteiger partial charge in [0.1, 0.15) is 0 Å². The minimum absolute atomic E-state index is 0.0635. The molecule has 1 N–H and O–H groups in total. The number of nitrogens with one attached hydrogen (secondary N) is 1. The summed E-state index contributed by atoms with van der Waals surface area (Å²) >= 11 is 1.74. The van der Waals surface area contributed by atoms with E-state index in [1.807, 2.05) is 10.4 Å². The van der Waals surface area contributed by atoms with E-state index in [1.54, 1.807) is 11.3 Å². The van der Waals surface area contributed by atoms with E-state index in [0.717, 1.165) is 77.3 Å². The summed E-state index contributed by atoms with van der Waals surface area (Å²) in [5, 5.41) is 3.09. The van der Waals surface area contributed by atoms with Gasteiger partial charge in [0.05, 0.1) is 23.4 Å². The van der Waals surface area contributed by atoms with Crippen molar-refractivity contribution in [2.75, 3.05) is 39.3 Å². The van der Waals surface area contributed by atoms with E-state index in [1.165, 1.54) is 4.88 Å². The van der Waals surface area contributed by atoms with Crippen molar-refractivity contribution in [3.05, 3.63) is 16.1 Å². The van der Waals surface area contributed by atoms with E-state index in [0.29, 0.717) is 5.92 Å². The summed E-state index contributed by atoms with van der Waals surface area (Å²) in [7, 11) is 0. The highest BCUT2D eigenvalue weighted by molar-refractivity contribution is 7.09. The molecule has 1 aromatic rings. The van der Waals surface area contributed by atoms with E-state index in [9.17, 15) is 4.79 Å². The number of amides is 2. The van der Waals surface area contributed by atoms with Crippen molar-refractivity contribution in [2.45, 2.75) is 44.8 Å². The molecule has 3 fully saturated rings. The second-order valence-corrected chi connectivity index (χ2v) is 8.72. The van der Waals surface area contributed by atoms with Crippen LogP contribution in [-0.2, 0) is 11.3 Å². The largest absolute Gasteiger partial charge is 0.372 e. The molecule has 1 aromatic heterocycles. The summed E-state index contributed by atoms with van der Waals surface area (Å²) in [5.74, 6) is 0.454. The number of hydrogen-bond donors (Lipinski definition) is 1. The lowest BCUT2D eigenvalue weighted by molar-refractivity contribution is -0.181. The zero-order chi connectivity index (χ0) is 17.3. The summed E-state index contributed by atoms with van der Waals surface area (Å²) in [6.07, 6.45) is 4.53. The predicted molar refractivity (Wildman–Crippen MR) is 97.7 cm³/mol. The first-order valence-electron chi connectivity index (χ1n) is 9.42. The highest BCUT2D eigenvalue weighted by atomic mass is 32.1. The summed E-state index contributed by atoms with van der Waals surface area (Å²) in [6.45, 7) is 8.46. The number of thiazole rings is 1. The number of urea groups is 1. The molecule has 0 bridgehead atoms. The number of ether oxygens (including phenoxy) is 1. The Labute approximate surface area is 153 Å². The number of likely N-dealkylation sites (tertiary alicyclic amines) is 2. The van der Waals surface area contributed by atoms with Crippen LogP contribution in [0.25, 0.3) is 0 Å². The maximum absolute atomic E-state index is 12.1. The molecular formula is C18H28N4O2S. The van der Waals surface area contributed by atoms with Crippen molar-refractivity contribution in [1.82, 2.24) is 20.1 Å². The van der Waals surface area contributed by atoms with Crippen molar-refractivity contribution in [3.63, 3.8) is 0 Å². The molecule has 3 aliphatic heterocycles. The number of aryl methyl sites for hydroxylation is 1. The van der Waals surface area contributed by atoms with Crippen LogP contribution in [0.5, 0.6) is 0 Å². The van der Waals surface area contributed by atoms with Gasteiger partial charge in [-0.3, -0.25) is 4.90 Å². The molecule has 25 heavy (non-hydrogen) atoms. The van der Waals surface area contributed by atoms with Crippen LogP contribution in [0, 0.1) is 12.8 Å². The lowest BCUT2D eigenvalue weighted by Crippen LogP contribution is -2.64. The molecule has 1 spiro atoms. The molecule has 0 aliphatic carbocycles. The number of carbonyl (C=O) groups excluding carboxylic acids is 1. The smallest absolute Gasteiger partial charge is 0.317 e. The number of aromatic nitrogens is 1. The normalized spacial score (nSPS) is 26.0. The second-order valence-electron chi connectivity index (χ2n) is 7.79. The van der Waals surface area contributed by atoms with E-state index in [4.69, 9.17) is 4.74 Å². The van der Waals surface area contributed by atoms with Crippen LogP contribution in [0.15, 0.2) is 5.51 Å². The Hall–Kier alpha value is -1.18. The van der Waals surface area contributed by atoms with Gasteiger partial charge < -0.3 is 15.0 Å². The fourth-order valence-corrected chi connectivity index (χ4v) is 4.97. The molecule has 0 unspecified atom stereocenters. The Balaban J connectivity index is 1.17. The third kappa shape index (κ3) is 3.83. The first-order valence-corrected chi connectivity index (χ1v) is 10.3. The lowest BCUT2D eigenvalue weighted by Gasteiger charge is -2.53. The van der Waals surface area contributed by atoms with Crippen LogP contribution in [0.4, 0.5) is 4.79 Å². The van der Waals surface area contributed by atoms with Gasteiger partial charge in [-0.05, 0) is 38.5 Å². The molecule has 3 saturated heterocycles. The van der Waals surface area contributed by atoms with Gasteiger partial charge in [-0.15, -0.1) is 11.3 Å². The highest BCUT2D eigenvalue weighted by Crippen LogP contribution is 2.37. The van der Waals surface area contributed by atoms with Crippen LogP contribution >= 0.6 is 11.3 Å². The molecule has 138 valence electrons. The fraction of sp³-hybridized carbons (Fsp3) is 0.778. The monoisotopic (exact) mass is 364 g/mol. The predicted octanol–water partition coefficient (Wildman–Crippen LogP) is 2.24. The molecular weight excluding hydrogens is 336 g/mol. The minimum atomic E-state index is 0.0635. The van der Waals surface area contributed by atoms with E-state index in [2.05, 4.69) is 22.1 Å². The molecule has 0 aromatic carbocycles. The third-order valence-corrected chi connectivity index (χ3v) is 6.72. The van der Waals surface area contributed by atoms with Gasteiger partial charge in [0.2, 0.25) is 0 Å². The van der Waals surface area contributed by atoms with Gasteiger partial charge >= 0.3 is 6.03 Å². The first-order chi connectivity index (χ1) is 12.1. The average Bonchev–Trinajstić information content (AvgIpc) is 3.25. The Morgan fingerprint density at radius 2 is 2.24 bits per heavy atom. The molecule has 0 radical (unpaired) electrons. The van der Waals surface area contributed by atoms with Gasteiger partial charge in [-0.2, -0.15) is 0 Å². The zero-order valence-electron chi connectivity index (χ0n) is 15.0. The standard InChI is InChI=1S/C18H28N4O2S/c1-14-16(25-13-20-14)9-21-11-18(12-21)5-4-15(10-24-18)8-19-17(23)22-6-2-3-7-22/h13,15H,2-12H2,1H3,(H,19,23)/t15-/m1/s1. The van der Waals surface area contributed by atoms with Crippen LogP contribution in [0.1, 0.15) is 36.3 Å². The maximum atomic E-state index is 12.1. The van der Waals surface area contributed by atoms with Crippen LogP contribution in [-0.4, -0.2) is 65.7 Å². The van der Waals surface area contributed by atoms with E-state index in [-0.39, 0.29) is 11.6 Å². The Morgan fingerprint density at radius 1 is 1.44 bits per heavy atom. The fourth-order valence-electron chi connectivity index (χ4n) is 4.15. The topological polar surface area (TPSA) is 57.7 Å². The zero-order valence-corrected chi connectivity index (χ0v) is 15.8. The number of carbonyl (C=O) groups is 1. The van der Waals surface area contributed by atoms with E-state index < -0.39 is 0 Å². The lowest BCUT2D eigenvalue weighted by atomic mass is 9.83. The van der Waals surface area contributed by atoms with Gasteiger partial charge in [-0.1, -0.05) is 0 Å². The molecule has 4 heterocycles. The Kier molecular flexibility index (Phi) is 4.97. The summed E-state index contributed by atoms with van der Waals surface area (Å²) in [4.78, 5) is 22.1. The third-order valence-electron chi connectivity index (χ3n) is 5.80. The Bertz CT molecular complexity index is 598. The van der Waals surface area contributed by atoms with E-state index >= 15 is 0 Å². The first kappa shape index (κ1) is 17.2. The van der Waals surface area contributed by atoms with Gasteiger partial charge in [-0.25, -0.2) is 9.78 Å². The number of rotatable bonds is 4. The van der Waals surface area contributed by atoms with Crippen molar-refractivity contribution in [2.24, 2.45) is 5.92 Å². The van der Waals surface area contributed by atoms with Crippen molar-refractivity contribution in [1.29, 1.82) is 0 Å². The minimum Gasteiger partial charge on any atom is -0.372 e. The molecule has 0 saturated carbocycles. The van der Waals surface area contributed by atoms with Crippen molar-refractivity contribution >= 4 is 17.4 Å². The molecule has 6 nitrogen and oxygen atoms in total. The van der Waals surface area contributed by atoms with Crippen LogP contribution < -0.4 is 5.32 Å².